The minimum absolute atomic E-state index is 0.184. The van der Waals surface area contributed by atoms with E-state index < -0.39 is 12.0 Å². The molecule has 7 nitrogen and oxygen atoms in total. The number of carboxylic acid groups (broad SMARTS) is 1. The Hall–Kier alpha value is -3.13. The summed E-state index contributed by atoms with van der Waals surface area (Å²) in [5.74, 6) is -0.346. The number of hydrogen-bond acceptors (Lipinski definition) is 5. The van der Waals surface area contributed by atoms with Gasteiger partial charge in [-0.3, -0.25) is 4.79 Å². The van der Waals surface area contributed by atoms with Gasteiger partial charge >= 0.3 is 5.97 Å². The van der Waals surface area contributed by atoms with Crippen LogP contribution in [-0.2, 0) is 35.5 Å². The van der Waals surface area contributed by atoms with Crippen LogP contribution in [-0.4, -0.2) is 44.6 Å². The number of ether oxygens (including phenoxy) is 1. The first-order valence-electron chi connectivity index (χ1n) is 9.67. The number of benzene rings is 1. The Morgan fingerprint density at radius 1 is 1.33 bits per heavy atom. The quantitative estimate of drug-likeness (QED) is 0.657. The van der Waals surface area contributed by atoms with E-state index in [0.717, 1.165) is 33.1 Å². The molecule has 0 aliphatic carbocycles. The van der Waals surface area contributed by atoms with Crippen molar-refractivity contribution in [2.24, 2.45) is 0 Å². The zero-order valence-electron chi connectivity index (χ0n) is 16.9. The van der Waals surface area contributed by atoms with E-state index in [9.17, 15) is 14.7 Å². The molecule has 0 spiro atoms. The van der Waals surface area contributed by atoms with Crippen LogP contribution in [0.1, 0.15) is 27.4 Å². The second kappa shape index (κ2) is 8.31. The Labute approximate surface area is 178 Å². The maximum absolute atomic E-state index is 12.8. The molecule has 1 atom stereocenters. The third-order valence-electron chi connectivity index (χ3n) is 5.44. The molecule has 8 heteroatoms. The summed E-state index contributed by atoms with van der Waals surface area (Å²) < 4.78 is 7.30. The second-order valence-electron chi connectivity index (χ2n) is 7.41. The molecule has 0 saturated carbocycles. The van der Waals surface area contributed by atoms with Crippen molar-refractivity contribution in [2.45, 2.75) is 38.9 Å². The van der Waals surface area contributed by atoms with Gasteiger partial charge in [0.15, 0.2) is 0 Å². The van der Waals surface area contributed by atoms with Crippen LogP contribution < -0.4 is 4.74 Å². The molecule has 1 N–H and O–H groups in total. The molecule has 3 heterocycles. The Morgan fingerprint density at radius 3 is 2.83 bits per heavy atom. The van der Waals surface area contributed by atoms with Crippen molar-refractivity contribution in [3.8, 4) is 5.75 Å². The zero-order valence-corrected chi connectivity index (χ0v) is 17.7. The fourth-order valence-corrected chi connectivity index (χ4v) is 4.60. The first kappa shape index (κ1) is 20.2. The van der Waals surface area contributed by atoms with E-state index >= 15 is 0 Å². The van der Waals surface area contributed by atoms with Crippen LogP contribution in [0.25, 0.3) is 0 Å². The smallest absolute Gasteiger partial charge is 0.326 e. The predicted molar refractivity (Wildman–Crippen MR) is 113 cm³/mol. The highest BCUT2D eigenvalue weighted by molar-refractivity contribution is 7.10. The highest BCUT2D eigenvalue weighted by atomic mass is 32.1. The molecule has 4 rings (SSSR count). The normalized spacial score (nSPS) is 15.7. The van der Waals surface area contributed by atoms with Crippen LogP contribution in [0.4, 0.5) is 0 Å². The number of methoxy groups -OCH3 is 1. The number of carboxylic acids is 1. The summed E-state index contributed by atoms with van der Waals surface area (Å²) in [5.41, 5.74) is 3.75. The number of carbonyl (C=O) groups is 2. The van der Waals surface area contributed by atoms with E-state index in [1.807, 2.05) is 41.1 Å². The molecule has 0 radical (unpaired) electrons. The number of aromatic nitrogens is 2. The summed E-state index contributed by atoms with van der Waals surface area (Å²) in [4.78, 5) is 31.6. The molecule has 1 aliphatic heterocycles. The minimum Gasteiger partial charge on any atom is -0.496 e. The summed E-state index contributed by atoms with van der Waals surface area (Å²) in [7, 11) is 1.64. The van der Waals surface area contributed by atoms with Crippen molar-refractivity contribution in [3.63, 3.8) is 0 Å². The topological polar surface area (TPSA) is 84.7 Å². The van der Waals surface area contributed by atoms with E-state index in [1.165, 1.54) is 16.2 Å². The molecule has 0 unspecified atom stereocenters. The zero-order chi connectivity index (χ0) is 21.3. The summed E-state index contributed by atoms with van der Waals surface area (Å²) >= 11 is 1.50. The molecule has 0 bridgehead atoms. The number of hydrogen-bond donors (Lipinski definition) is 1. The van der Waals surface area contributed by atoms with Gasteiger partial charge in [0.2, 0.25) is 5.91 Å². The number of aryl methyl sites for hydroxylation is 1. The van der Waals surface area contributed by atoms with Gasteiger partial charge in [-0.2, -0.15) is 0 Å². The van der Waals surface area contributed by atoms with Crippen molar-refractivity contribution in [1.29, 1.82) is 0 Å². The number of amides is 1. The predicted octanol–water partition coefficient (Wildman–Crippen LogP) is 2.89. The van der Waals surface area contributed by atoms with Crippen LogP contribution in [0.2, 0.25) is 0 Å². The van der Waals surface area contributed by atoms with Crippen LogP contribution in [0, 0.1) is 6.92 Å². The van der Waals surface area contributed by atoms with E-state index in [-0.39, 0.29) is 25.3 Å². The Balaban J connectivity index is 1.56. The minimum atomic E-state index is -0.992. The molecule has 2 aromatic heterocycles. The number of imidazole rings is 1. The fourth-order valence-electron chi connectivity index (χ4n) is 3.90. The first-order chi connectivity index (χ1) is 14.5. The SMILES string of the molecule is COc1ccc(Cn2cnc3c2C[C@@H](C(=O)O)N(C(=O)Cc2cccs2)C3)cc1C. The number of fused-ring (bicyclic) bond motifs is 1. The molecule has 0 fully saturated rings. The van der Waals surface area contributed by atoms with E-state index in [2.05, 4.69) is 11.1 Å². The molecule has 3 aromatic rings. The summed E-state index contributed by atoms with van der Waals surface area (Å²) in [6.45, 7) is 2.79. The number of rotatable bonds is 6. The number of thiophene rings is 1. The highest BCUT2D eigenvalue weighted by Crippen LogP contribution is 2.26. The highest BCUT2D eigenvalue weighted by Gasteiger charge is 2.36. The number of nitrogens with zero attached hydrogens (tertiary/aromatic N) is 3. The van der Waals surface area contributed by atoms with E-state index in [0.29, 0.717) is 6.54 Å². The molecule has 30 heavy (non-hydrogen) atoms. The Bertz CT molecular complexity index is 1070. The van der Waals surface area contributed by atoms with E-state index in [4.69, 9.17) is 4.74 Å². The van der Waals surface area contributed by atoms with Crippen molar-refractivity contribution in [3.05, 3.63) is 69.4 Å². The van der Waals surface area contributed by atoms with Crippen LogP contribution in [0.5, 0.6) is 5.75 Å². The van der Waals surface area contributed by atoms with Gasteiger partial charge in [0.1, 0.15) is 11.8 Å². The van der Waals surface area contributed by atoms with Crippen molar-refractivity contribution in [2.75, 3.05) is 7.11 Å². The van der Waals surface area contributed by atoms with Gasteiger partial charge in [0.05, 0.1) is 32.1 Å². The van der Waals surface area contributed by atoms with Crippen molar-refractivity contribution in [1.82, 2.24) is 14.5 Å². The average Bonchev–Trinajstić information content (AvgIpc) is 3.37. The Morgan fingerprint density at radius 2 is 2.17 bits per heavy atom. The Kier molecular flexibility index (Phi) is 5.59. The molecular weight excluding hydrogens is 402 g/mol. The third kappa shape index (κ3) is 3.95. The van der Waals surface area contributed by atoms with Gasteiger partial charge in [-0.15, -0.1) is 11.3 Å². The van der Waals surface area contributed by atoms with Gasteiger partial charge in [-0.05, 0) is 35.6 Å². The fraction of sp³-hybridized carbons (Fsp3) is 0.318. The first-order valence-corrected chi connectivity index (χ1v) is 10.5. The maximum atomic E-state index is 12.8. The molecular formula is C22H23N3O4S. The monoisotopic (exact) mass is 425 g/mol. The summed E-state index contributed by atoms with van der Waals surface area (Å²) in [5, 5.41) is 11.7. The van der Waals surface area contributed by atoms with Gasteiger partial charge < -0.3 is 19.3 Å². The summed E-state index contributed by atoms with van der Waals surface area (Å²) in [6.07, 6.45) is 2.19. The van der Waals surface area contributed by atoms with Gasteiger partial charge in [0.25, 0.3) is 0 Å². The lowest BCUT2D eigenvalue weighted by molar-refractivity contribution is -0.151. The average molecular weight is 426 g/mol. The standard InChI is InChI=1S/C22H23N3O4S/c1-14-8-15(5-6-20(14)29-2)11-24-13-23-17-12-25(19(22(27)28)10-18(17)24)21(26)9-16-4-3-7-30-16/h3-8,13,19H,9-12H2,1-2H3,(H,27,28)/t19-/m0/s1. The number of aliphatic carboxylic acids is 1. The van der Waals surface area contributed by atoms with E-state index in [1.54, 1.807) is 13.4 Å². The lowest BCUT2D eigenvalue weighted by Crippen LogP contribution is -2.49. The largest absolute Gasteiger partial charge is 0.496 e. The van der Waals surface area contributed by atoms with Crippen LogP contribution in [0.3, 0.4) is 0 Å². The van der Waals surface area contributed by atoms with Crippen molar-refractivity contribution >= 4 is 23.2 Å². The van der Waals surface area contributed by atoms with Crippen LogP contribution >= 0.6 is 11.3 Å². The lowest BCUT2D eigenvalue weighted by atomic mass is 10.0. The van der Waals surface area contributed by atoms with Gasteiger partial charge in [-0.1, -0.05) is 18.2 Å². The number of carbonyl (C=O) groups excluding carboxylic acids is 1. The van der Waals surface area contributed by atoms with Crippen LogP contribution in [0.15, 0.2) is 42.0 Å². The molecule has 1 aliphatic rings. The summed E-state index contributed by atoms with van der Waals surface area (Å²) in [6, 6.07) is 8.86. The molecule has 156 valence electrons. The van der Waals surface area contributed by atoms with Gasteiger partial charge in [-0.25, -0.2) is 9.78 Å². The third-order valence-corrected chi connectivity index (χ3v) is 6.32. The molecule has 0 saturated heterocycles. The maximum Gasteiger partial charge on any atom is 0.326 e. The van der Waals surface area contributed by atoms with Gasteiger partial charge in [0, 0.05) is 23.5 Å². The molecule has 1 aromatic carbocycles. The van der Waals surface area contributed by atoms with Crippen molar-refractivity contribution < 1.29 is 19.4 Å². The molecule has 1 amide bonds. The lowest BCUT2D eigenvalue weighted by Gasteiger charge is -2.33. The second-order valence-corrected chi connectivity index (χ2v) is 8.44.